The van der Waals surface area contributed by atoms with Gasteiger partial charge in [-0.15, -0.1) is 0 Å². The van der Waals surface area contributed by atoms with Gasteiger partial charge >= 0.3 is 0 Å². The van der Waals surface area contributed by atoms with E-state index in [0.29, 0.717) is 26.4 Å². The molecule has 5 heterocycles. The SMILES string of the molecule is Cc1c[nH]c2ncc(-c3cc4c(c([C@@H]5COCCN5)c3)CN(C(=O)C3(C)CCOCC3)CC4)cc12. The average molecular weight is 475 g/mol. The molecule has 0 saturated carbocycles. The number of nitrogens with zero attached hydrogens (tertiary/aromatic N) is 2. The number of morpholine rings is 1. The van der Waals surface area contributed by atoms with Crippen molar-refractivity contribution in [2.75, 3.05) is 39.5 Å². The van der Waals surface area contributed by atoms with Gasteiger partial charge in [0.1, 0.15) is 5.65 Å². The zero-order chi connectivity index (χ0) is 24.0. The highest BCUT2D eigenvalue weighted by Crippen LogP contribution is 2.37. The summed E-state index contributed by atoms with van der Waals surface area (Å²) in [7, 11) is 0. The molecular formula is C28H34N4O3. The molecule has 7 nitrogen and oxygen atoms in total. The van der Waals surface area contributed by atoms with Gasteiger partial charge in [-0.1, -0.05) is 13.0 Å². The number of carbonyl (C=O) groups excluding carboxylic acids is 1. The van der Waals surface area contributed by atoms with Gasteiger partial charge in [-0.3, -0.25) is 4.79 Å². The second kappa shape index (κ2) is 9.04. The van der Waals surface area contributed by atoms with Crippen LogP contribution in [0, 0.1) is 12.3 Å². The molecule has 2 aromatic heterocycles. The first kappa shape index (κ1) is 22.7. The lowest BCUT2D eigenvalue weighted by Crippen LogP contribution is -2.47. The molecule has 7 heteroatoms. The molecule has 0 aliphatic carbocycles. The standard InChI is InChI=1S/C28H34N4O3/c1-18-14-30-26-22(18)13-21(15-31-26)20-11-19-3-7-32(27(33)28(2)4-8-34-9-5-28)16-24(19)23(12-20)25-17-35-10-6-29-25/h11-15,25,29H,3-10,16-17H2,1-2H3,(H,30,31)/t25-/m0/s1. The number of fused-ring (bicyclic) bond motifs is 2. The van der Waals surface area contributed by atoms with Crippen LogP contribution in [0.5, 0.6) is 0 Å². The summed E-state index contributed by atoms with van der Waals surface area (Å²) in [5.74, 6) is 0.270. The van der Waals surface area contributed by atoms with Crippen molar-refractivity contribution in [2.45, 2.75) is 45.7 Å². The summed E-state index contributed by atoms with van der Waals surface area (Å²) in [5.41, 5.74) is 7.95. The van der Waals surface area contributed by atoms with Gasteiger partial charge in [-0.2, -0.15) is 0 Å². The second-order valence-electron chi connectivity index (χ2n) is 10.5. The quantitative estimate of drug-likeness (QED) is 0.602. The third-order valence-corrected chi connectivity index (χ3v) is 8.15. The molecule has 2 N–H and O–H groups in total. The lowest BCUT2D eigenvalue weighted by Gasteiger charge is -2.40. The average Bonchev–Trinajstić information content (AvgIpc) is 3.28. The summed E-state index contributed by atoms with van der Waals surface area (Å²) in [6.07, 6.45) is 6.42. The maximum Gasteiger partial charge on any atom is 0.228 e. The number of amides is 1. The fourth-order valence-electron chi connectivity index (χ4n) is 5.82. The Kier molecular flexibility index (Phi) is 5.87. The highest BCUT2D eigenvalue weighted by molar-refractivity contribution is 5.85. The minimum absolute atomic E-state index is 0.122. The van der Waals surface area contributed by atoms with Crippen LogP contribution in [0.1, 0.15) is 48.1 Å². The first-order chi connectivity index (χ1) is 17.0. The summed E-state index contributed by atoms with van der Waals surface area (Å²) >= 11 is 0. The van der Waals surface area contributed by atoms with Gasteiger partial charge < -0.3 is 24.7 Å². The predicted octanol–water partition coefficient (Wildman–Crippen LogP) is 3.90. The first-order valence-corrected chi connectivity index (χ1v) is 12.8. The van der Waals surface area contributed by atoms with Crippen LogP contribution in [0.4, 0.5) is 0 Å². The number of ether oxygens (including phenoxy) is 2. The molecule has 6 rings (SSSR count). The molecule has 0 bridgehead atoms. The minimum atomic E-state index is -0.322. The summed E-state index contributed by atoms with van der Waals surface area (Å²) in [6.45, 7) is 9.19. The lowest BCUT2D eigenvalue weighted by molar-refractivity contribution is -0.147. The Morgan fingerprint density at radius 2 is 2.00 bits per heavy atom. The van der Waals surface area contributed by atoms with Crippen LogP contribution in [0.3, 0.4) is 0 Å². The van der Waals surface area contributed by atoms with E-state index in [1.807, 2.05) is 12.4 Å². The van der Waals surface area contributed by atoms with Gasteiger partial charge in [0.05, 0.1) is 24.7 Å². The monoisotopic (exact) mass is 474 g/mol. The maximum absolute atomic E-state index is 13.6. The molecule has 3 aliphatic rings. The summed E-state index contributed by atoms with van der Waals surface area (Å²) < 4.78 is 11.4. The Hall–Kier alpha value is -2.74. The summed E-state index contributed by atoms with van der Waals surface area (Å²) in [6, 6.07) is 6.96. The molecule has 2 fully saturated rings. The van der Waals surface area contributed by atoms with Crippen molar-refractivity contribution in [3.63, 3.8) is 0 Å². The number of hydrogen-bond donors (Lipinski definition) is 2. The number of hydrogen-bond acceptors (Lipinski definition) is 5. The largest absolute Gasteiger partial charge is 0.381 e. The number of benzene rings is 1. The van der Waals surface area contributed by atoms with Crippen molar-refractivity contribution >= 4 is 16.9 Å². The van der Waals surface area contributed by atoms with Crippen LogP contribution in [0.15, 0.2) is 30.6 Å². The van der Waals surface area contributed by atoms with E-state index in [-0.39, 0.29) is 17.4 Å². The molecule has 3 aromatic rings. The number of carbonyl (C=O) groups is 1. The van der Waals surface area contributed by atoms with Crippen LogP contribution in [0.25, 0.3) is 22.2 Å². The van der Waals surface area contributed by atoms with Crippen molar-refractivity contribution in [1.29, 1.82) is 0 Å². The van der Waals surface area contributed by atoms with Gasteiger partial charge in [-0.25, -0.2) is 4.98 Å². The molecule has 3 aliphatic heterocycles. The molecule has 0 spiro atoms. The molecular weight excluding hydrogens is 440 g/mol. The smallest absolute Gasteiger partial charge is 0.228 e. The highest BCUT2D eigenvalue weighted by atomic mass is 16.5. The van der Waals surface area contributed by atoms with Crippen molar-refractivity contribution in [3.8, 4) is 11.1 Å². The lowest BCUT2D eigenvalue weighted by atomic mass is 9.80. The van der Waals surface area contributed by atoms with Crippen LogP contribution in [-0.2, 0) is 27.2 Å². The third-order valence-electron chi connectivity index (χ3n) is 8.15. The Morgan fingerprint density at radius 1 is 1.14 bits per heavy atom. The van der Waals surface area contributed by atoms with Crippen molar-refractivity contribution in [1.82, 2.24) is 20.2 Å². The summed E-state index contributed by atoms with van der Waals surface area (Å²) in [4.78, 5) is 23.6. The van der Waals surface area contributed by atoms with Gasteiger partial charge in [0, 0.05) is 56.2 Å². The van der Waals surface area contributed by atoms with E-state index < -0.39 is 0 Å². The topological polar surface area (TPSA) is 79.5 Å². The third kappa shape index (κ3) is 4.15. The Balaban J connectivity index is 1.38. The number of aromatic nitrogens is 2. The number of nitrogens with one attached hydrogen (secondary N) is 2. The van der Waals surface area contributed by atoms with E-state index in [2.05, 4.69) is 52.2 Å². The number of aromatic amines is 1. The van der Waals surface area contributed by atoms with E-state index >= 15 is 0 Å². The highest BCUT2D eigenvalue weighted by Gasteiger charge is 2.39. The van der Waals surface area contributed by atoms with E-state index in [0.717, 1.165) is 55.6 Å². The molecule has 1 aromatic carbocycles. The second-order valence-corrected chi connectivity index (χ2v) is 10.5. The molecule has 35 heavy (non-hydrogen) atoms. The van der Waals surface area contributed by atoms with E-state index in [1.54, 1.807) is 0 Å². The van der Waals surface area contributed by atoms with Crippen LogP contribution in [0.2, 0.25) is 0 Å². The van der Waals surface area contributed by atoms with E-state index in [1.165, 1.54) is 27.8 Å². The van der Waals surface area contributed by atoms with Crippen molar-refractivity contribution < 1.29 is 14.3 Å². The first-order valence-electron chi connectivity index (χ1n) is 12.8. The Labute approximate surface area is 206 Å². The molecule has 1 amide bonds. The van der Waals surface area contributed by atoms with Crippen molar-refractivity contribution in [3.05, 3.63) is 52.8 Å². The number of rotatable bonds is 3. The van der Waals surface area contributed by atoms with E-state index in [9.17, 15) is 4.79 Å². The fraction of sp³-hybridized carbons (Fsp3) is 0.500. The van der Waals surface area contributed by atoms with Crippen molar-refractivity contribution in [2.24, 2.45) is 5.41 Å². The normalized spacial score (nSPS) is 22.2. The van der Waals surface area contributed by atoms with Crippen LogP contribution in [-0.4, -0.2) is 60.3 Å². The van der Waals surface area contributed by atoms with Gasteiger partial charge in [0.25, 0.3) is 0 Å². The maximum atomic E-state index is 13.6. The van der Waals surface area contributed by atoms with Crippen LogP contribution >= 0.6 is 0 Å². The zero-order valence-electron chi connectivity index (χ0n) is 20.7. The van der Waals surface area contributed by atoms with E-state index in [4.69, 9.17) is 9.47 Å². The number of pyridine rings is 1. The predicted molar refractivity (Wildman–Crippen MR) is 135 cm³/mol. The van der Waals surface area contributed by atoms with Crippen LogP contribution < -0.4 is 5.32 Å². The zero-order valence-corrected chi connectivity index (χ0v) is 20.7. The Bertz CT molecular complexity index is 1250. The van der Waals surface area contributed by atoms with Gasteiger partial charge in [0.2, 0.25) is 5.91 Å². The molecule has 184 valence electrons. The Morgan fingerprint density at radius 3 is 2.80 bits per heavy atom. The molecule has 1 atom stereocenters. The minimum Gasteiger partial charge on any atom is -0.381 e. The molecule has 0 radical (unpaired) electrons. The van der Waals surface area contributed by atoms with Gasteiger partial charge in [0.15, 0.2) is 0 Å². The number of aryl methyl sites for hydroxylation is 1. The summed E-state index contributed by atoms with van der Waals surface area (Å²) in [5, 5.41) is 4.80. The molecule has 2 saturated heterocycles. The fourth-order valence-corrected chi connectivity index (χ4v) is 5.82. The molecule has 0 unspecified atom stereocenters. The van der Waals surface area contributed by atoms with Gasteiger partial charge in [-0.05, 0) is 66.1 Å². The number of H-pyrrole nitrogens is 1.